The molecule has 0 unspecified atom stereocenters. The predicted octanol–water partition coefficient (Wildman–Crippen LogP) is 4.22. The first-order valence-electron chi connectivity index (χ1n) is 8.61. The Morgan fingerprint density at radius 3 is 2.70 bits per heavy atom. The lowest BCUT2D eigenvalue weighted by atomic mass is 10.1. The van der Waals surface area contributed by atoms with Crippen LogP contribution in [0.15, 0.2) is 54.6 Å². The fraction of sp³-hybridized carbons (Fsp3) is 0.143. The molecule has 134 valence electrons. The highest BCUT2D eigenvalue weighted by atomic mass is 16.1. The number of amides is 1. The molecule has 2 aromatic carbocycles. The van der Waals surface area contributed by atoms with Crippen molar-refractivity contribution >= 4 is 23.1 Å². The molecule has 0 aliphatic carbocycles. The van der Waals surface area contributed by atoms with Gasteiger partial charge in [0.1, 0.15) is 17.3 Å². The van der Waals surface area contributed by atoms with Crippen molar-refractivity contribution < 1.29 is 4.79 Å². The van der Waals surface area contributed by atoms with Gasteiger partial charge in [-0.15, -0.1) is 0 Å². The number of nitriles is 1. The van der Waals surface area contributed by atoms with E-state index in [-0.39, 0.29) is 11.6 Å². The summed E-state index contributed by atoms with van der Waals surface area (Å²) in [4.78, 5) is 21.2. The zero-order chi connectivity index (χ0) is 19.2. The number of hydrogen-bond acceptors (Lipinski definition) is 5. The molecule has 0 aliphatic rings. The molecular weight excluding hydrogens is 338 g/mol. The van der Waals surface area contributed by atoms with Gasteiger partial charge in [-0.2, -0.15) is 5.26 Å². The second-order valence-corrected chi connectivity index (χ2v) is 5.97. The minimum atomic E-state index is -0.359. The van der Waals surface area contributed by atoms with Crippen molar-refractivity contribution in [3.63, 3.8) is 0 Å². The predicted molar refractivity (Wildman–Crippen MR) is 105 cm³/mol. The minimum Gasteiger partial charge on any atom is -0.340 e. The number of aryl methyl sites for hydroxylation is 2. The Hall–Kier alpha value is -3.72. The Kier molecular flexibility index (Phi) is 5.43. The monoisotopic (exact) mass is 357 g/mol. The molecule has 1 heterocycles. The summed E-state index contributed by atoms with van der Waals surface area (Å²) in [5.41, 5.74) is 3.38. The second kappa shape index (κ2) is 8.11. The fourth-order valence-corrected chi connectivity index (χ4v) is 2.70. The summed E-state index contributed by atoms with van der Waals surface area (Å²) < 4.78 is 0. The number of nitrogens with one attached hydrogen (secondary N) is 2. The molecule has 0 fully saturated rings. The van der Waals surface area contributed by atoms with Crippen LogP contribution in [0.5, 0.6) is 0 Å². The van der Waals surface area contributed by atoms with E-state index in [9.17, 15) is 4.79 Å². The van der Waals surface area contributed by atoms with Gasteiger partial charge in [0.2, 0.25) is 0 Å². The van der Waals surface area contributed by atoms with E-state index >= 15 is 0 Å². The molecule has 6 heteroatoms. The van der Waals surface area contributed by atoms with Crippen molar-refractivity contribution in [2.24, 2.45) is 0 Å². The summed E-state index contributed by atoms with van der Waals surface area (Å²) in [6, 6.07) is 18.4. The molecular formula is C21H19N5O. The molecule has 0 radical (unpaired) electrons. The van der Waals surface area contributed by atoms with E-state index in [2.05, 4.69) is 27.5 Å². The van der Waals surface area contributed by atoms with Gasteiger partial charge in [-0.05, 0) is 43.2 Å². The maximum atomic E-state index is 12.6. The first-order chi connectivity index (χ1) is 13.1. The third kappa shape index (κ3) is 4.47. The van der Waals surface area contributed by atoms with Crippen LogP contribution in [0, 0.1) is 18.3 Å². The van der Waals surface area contributed by atoms with E-state index in [1.165, 1.54) is 0 Å². The fourth-order valence-electron chi connectivity index (χ4n) is 2.70. The molecule has 0 atom stereocenters. The van der Waals surface area contributed by atoms with E-state index in [0.29, 0.717) is 22.9 Å². The lowest BCUT2D eigenvalue weighted by molar-refractivity contribution is 0.102. The quantitative estimate of drug-likeness (QED) is 0.713. The molecule has 0 aliphatic heterocycles. The van der Waals surface area contributed by atoms with Crippen molar-refractivity contribution in [3.05, 3.63) is 77.2 Å². The van der Waals surface area contributed by atoms with Gasteiger partial charge in [-0.3, -0.25) is 4.79 Å². The van der Waals surface area contributed by atoms with Gasteiger partial charge in [-0.1, -0.05) is 31.2 Å². The first-order valence-corrected chi connectivity index (χ1v) is 8.61. The van der Waals surface area contributed by atoms with Crippen molar-refractivity contribution in [2.75, 3.05) is 10.6 Å². The number of benzene rings is 2. The second-order valence-electron chi connectivity index (χ2n) is 5.97. The molecule has 3 rings (SSSR count). The Morgan fingerprint density at radius 2 is 1.93 bits per heavy atom. The van der Waals surface area contributed by atoms with E-state index in [4.69, 9.17) is 5.26 Å². The van der Waals surface area contributed by atoms with Crippen LogP contribution < -0.4 is 10.6 Å². The summed E-state index contributed by atoms with van der Waals surface area (Å²) in [5.74, 6) is 0.687. The smallest absolute Gasteiger partial charge is 0.274 e. The molecule has 0 bridgehead atoms. The lowest BCUT2D eigenvalue weighted by Crippen LogP contribution is -2.15. The molecule has 0 saturated carbocycles. The number of anilines is 3. The largest absolute Gasteiger partial charge is 0.340 e. The summed E-state index contributed by atoms with van der Waals surface area (Å²) in [6.45, 7) is 3.82. The van der Waals surface area contributed by atoms with Crippen LogP contribution in [-0.2, 0) is 6.42 Å². The summed E-state index contributed by atoms with van der Waals surface area (Å²) in [6.07, 6.45) is 0.885. The number of carbonyl (C=O) groups excluding carboxylic acids is 1. The Balaban J connectivity index is 1.84. The zero-order valence-electron chi connectivity index (χ0n) is 15.2. The topological polar surface area (TPSA) is 90.7 Å². The van der Waals surface area contributed by atoms with E-state index in [1.807, 2.05) is 30.3 Å². The van der Waals surface area contributed by atoms with Gasteiger partial charge >= 0.3 is 0 Å². The molecule has 6 nitrogen and oxygen atoms in total. The number of para-hydroxylation sites is 1. The highest BCUT2D eigenvalue weighted by Gasteiger charge is 2.12. The van der Waals surface area contributed by atoms with Crippen LogP contribution in [0.2, 0.25) is 0 Å². The SMILES string of the molecule is CCc1ccccc1Nc1cc(C(=O)Nc2cccc(C#N)c2)nc(C)n1. The summed E-state index contributed by atoms with van der Waals surface area (Å²) in [5, 5.41) is 15.0. The van der Waals surface area contributed by atoms with Gasteiger partial charge < -0.3 is 10.6 Å². The molecule has 27 heavy (non-hydrogen) atoms. The highest BCUT2D eigenvalue weighted by Crippen LogP contribution is 2.21. The molecule has 2 N–H and O–H groups in total. The van der Waals surface area contributed by atoms with Gasteiger partial charge in [0, 0.05) is 17.4 Å². The first kappa shape index (κ1) is 18.1. The van der Waals surface area contributed by atoms with Crippen LogP contribution in [0.25, 0.3) is 0 Å². The lowest BCUT2D eigenvalue weighted by Gasteiger charge is -2.12. The third-order valence-electron chi connectivity index (χ3n) is 3.98. The summed E-state index contributed by atoms with van der Waals surface area (Å²) in [7, 11) is 0. The Morgan fingerprint density at radius 1 is 1.11 bits per heavy atom. The normalized spacial score (nSPS) is 10.1. The van der Waals surface area contributed by atoms with Crippen LogP contribution in [0.4, 0.5) is 17.2 Å². The van der Waals surface area contributed by atoms with Gasteiger partial charge in [0.25, 0.3) is 5.91 Å². The number of rotatable bonds is 5. The third-order valence-corrected chi connectivity index (χ3v) is 3.98. The number of hydrogen-bond donors (Lipinski definition) is 2. The average Bonchev–Trinajstić information content (AvgIpc) is 2.68. The molecule has 3 aromatic rings. The van der Waals surface area contributed by atoms with Crippen molar-refractivity contribution in [3.8, 4) is 6.07 Å². The Labute approximate surface area is 157 Å². The average molecular weight is 357 g/mol. The number of aromatic nitrogens is 2. The number of nitrogens with zero attached hydrogens (tertiary/aromatic N) is 3. The van der Waals surface area contributed by atoms with Crippen LogP contribution >= 0.6 is 0 Å². The van der Waals surface area contributed by atoms with E-state index in [1.54, 1.807) is 37.3 Å². The molecule has 1 amide bonds. The molecule has 0 spiro atoms. The highest BCUT2D eigenvalue weighted by molar-refractivity contribution is 6.03. The van der Waals surface area contributed by atoms with Crippen molar-refractivity contribution in [1.82, 2.24) is 9.97 Å². The maximum absolute atomic E-state index is 12.6. The van der Waals surface area contributed by atoms with Crippen LogP contribution in [0.1, 0.15) is 34.4 Å². The maximum Gasteiger partial charge on any atom is 0.274 e. The van der Waals surface area contributed by atoms with Gasteiger partial charge in [-0.25, -0.2) is 9.97 Å². The number of carbonyl (C=O) groups is 1. The standard InChI is InChI=1S/C21H19N5O/c1-3-16-8-4-5-10-18(16)26-20-12-19(23-14(2)24-20)21(27)25-17-9-6-7-15(11-17)13-22/h4-12H,3H2,1-2H3,(H,25,27)(H,23,24,26). The summed E-state index contributed by atoms with van der Waals surface area (Å²) >= 11 is 0. The minimum absolute atomic E-state index is 0.251. The van der Waals surface area contributed by atoms with E-state index in [0.717, 1.165) is 17.7 Å². The molecule has 1 aromatic heterocycles. The van der Waals surface area contributed by atoms with Crippen LogP contribution in [0.3, 0.4) is 0 Å². The van der Waals surface area contributed by atoms with Gasteiger partial charge in [0.15, 0.2) is 0 Å². The Bertz CT molecular complexity index is 1020. The van der Waals surface area contributed by atoms with Crippen molar-refractivity contribution in [1.29, 1.82) is 5.26 Å². The molecule has 0 saturated heterocycles. The van der Waals surface area contributed by atoms with Crippen LogP contribution in [-0.4, -0.2) is 15.9 Å². The van der Waals surface area contributed by atoms with E-state index < -0.39 is 0 Å². The van der Waals surface area contributed by atoms with Gasteiger partial charge in [0.05, 0.1) is 11.6 Å². The zero-order valence-corrected chi connectivity index (χ0v) is 15.2. The van der Waals surface area contributed by atoms with Crippen molar-refractivity contribution in [2.45, 2.75) is 20.3 Å².